The summed E-state index contributed by atoms with van der Waals surface area (Å²) in [4.78, 5) is 12.3. The number of hydrogen-bond acceptors (Lipinski definition) is 3. The van der Waals surface area contributed by atoms with Crippen LogP contribution in [0.15, 0.2) is 42.6 Å². The van der Waals surface area contributed by atoms with Crippen molar-refractivity contribution in [3.8, 4) is 5.75 Å². The number of carbonyl (C=O) groups excluding carboxylic acids is 1. The number of hydrogen-bond donors (Lipinski definition) is 2. The van der Waals surface area contributed by atoms with Crippen LogP contribution in [-0.2, 0) is 0 Å². The molecule has 2 N–H and O–H groups in total. The molecule has 5 heteroatoms. The van der Waals surface area contributed by atoms with E-state index in [0.717, 1.165) is 0 Å². The quantitative estimate of drug-likeness (QED) is 0.818. The van der Waals surface area contributed by atoms with E-state index in [2.05, 4.69) is 5.32 Å². The zero-order valence-electron chi connectivity index (χ0n) is 14.7. The van der Waals surface area contributed by atoms with Gasteiger partial charge in [0.1, 0.15) is 11.4 Å². The fraction of sp³-hybridized carbons (Fsp3) is 0.421. The van der Waals surface area contributed by atoms with Crippen molar-refractivity contribution in [2.24, 2.45) is 0 Å². The van der Waals surface area contributed by atoms with E-state index in [9.17, 15) is 9.90 Å². The van der Waals surface area contributed by atoms with Crippen LogP contribution in [0.1, 0.15) is 55.9 Å². The summed E-state index contributed by atoms with van der Waals surface area (Å²) in [6.45, 7) is 8.09. The second-order valence-corrected chi connectivity index (χ2v) is 6.36. The number of benzene rings is 1. The van der Waals surface area contributed by atoms with E-state index < -0.39 is 6.10 Å². The van der Waals surface area contributed by atoms with Crippen LogP contribution in [-0.4, -0.2) is 28.2 Å². The van der Waals surface area contributed by atoms with Crippen LogP contribution in [0.3, 0.4) is 0 Å². The smallest absolute Gasteiger partial charge is 0.268 e. The SMILES string of the molecule is CC(C)Oc1cccc(C(O)CNC(=O)c2cccn2C(C)C)c1. The molecule has 0 saturated heterocycles. The van der Waals surface area contributed by atoms with Gasteiger partial charge in [-0.15, -0.1) is 0 Å². The maximum Gasteiger partial charge on any atom is 0.268 e. The minimum Gasteiger partial charge on any atom is -0.491 e. The second-order valence-electron chi connectivity index (χ2n) is 6.36. The second kappa shape index (κ2) is 8.02. The predicted molar refractivity (Wildman–Crippen MR) is 94.3 cm³/mol. The summed E-state index contributed by atoms with van der Waals surface area (Å²) in [5, 5.41) is 13.1. The van der Waals surface area contributed by atoms with Gasteiger partial charge in [-0.05, 0) is 57.5 Å². The average molecular weight is 330 g/mol. The van der Waals surface area contributed by atoms with Gasteiger partial charge in [0.25, 0.3) is 5.91 Å². The third-order valence-corrected chi connectivity index (χ3v) is 3.64. The van der Waals surface area contributed by atoms with Crippen LogP contribution in [0.4, 0.5) is 0 Å². The largest absolute Gasteiger partial charge is 0.491 e. The summed E-state index contributed by atoms with van der Waals surface area (Å²) in [5.74, 6) is 0.517. The molecule has 1 amide bonds. The van der Waals surface area contributed by atoms with Gasteiger partial charge in [0.2, 0.25) is 0 Å². The number of amides is 1. The summed E-state index contributed by atoms with van der Waals surface area (Å²) in [7, 11) is 0. The average Bonchev–Trinajstić information content (AvgIpc) is 3.01. The highest BCUT2D eigenvalue weighted by atomic mass is 16.5. The Labute approximate surface area is 143 Å². The molecule has 2 rings (SSSR count). The van der Waals surface area contributed by atoms with Crippen molar-refractivity contribution in [1.82, 2.24) is 9.88 Å². The van der Waals surface area contributed by atoms with E-state index in [-0.39, 0.29) is 24.6 Å². The van der Waals surface area contributed by atoms with Gasteiger partial charge < -0.3 is 19.7 Å². The van der Waals surface area contributed by atoms with E-state index in [0.29, 0.717) is 17.0 Å². The first kappa shape index (κ1) is 18.1. The maximum absolute atomic E-state index is 12.3. The number of ether oxygens (including phenoxy) is 1. The Hall–Kier alpha value is -2.27. The number of nitrogens with one attached hydrogen (secondary N) is 1. The van der Waals surface area contributed by atoms with Gasteiger partial charge in [-0.25, -0.2) is 0 Å². The van der Waals surface area contributed by atoms with Crippen molar-refractivity contribution in [2.75, 3.05) is 6.54 Å². The van der Waals surface area contributed by atoms with Crippen molar-refractivity contribution < 1.29 is 14.6 Å². The summed E-state index contributed by atoms with van der Waals surface area (Å²) in [6, 6.07) is 11.1. The zero-order chi connectivity index (χ0) is 17.7. The minimum absolute atomic E-state index is 0.0703. The number of nitrogens with zero attached hydrogens (tertiary/aromatic N) is 1. The molecule has 130 valence electrons. The lowest BCUT2D eigenvalue weighted by molar-refractivity contribution is 0.0905. The van der Waals surface area contributed by atoms with Gasteiger partial charge >= 0.3 is 0 Å². The lowest BCUT2D eigenvalue weighted by Crippen LogP contribution is -2.30. The lowest BCUT2D eigenvalue weighted by atomic mass is 10.1. The molecule has 0 bridgehead atoms. The van der Waals surface area contributed by atoms with E-state index in [1.165, 1.54) is 0 Å². The zero-order valence-corrected chi connectivity index (χ0v) is 14.7. The minimum atomic E-state index is -0.785. The summed E-state index contributed by atoms with van der Waals surface area (Å²) >= 11 is 0. The molecule has 0 aliphatic rings. The predicted octanol–water partition coefficient (Wildman–Crippen LogP) is 3.32. The van der Waals surface area contributed by atoms with Gasteiger partial charge in [-0.2, -0.15) is 0 Å². The topological polar surface area (TPSA) is 63.5 Å². The molecular weight excluding hydrogens is 304 g/mol. The van der Waals surface area contributed by atoms with Gasteiger partial charge in [0.15, 0.2) is 0 Å². The monoisotopic (exact) mass is 330 g/mol. The Balaban J connectivity index is 1.98. The van der Waals surface area contributed by atoms with Crippen LogP contribution >= 0.6 is 0 Å². The molecule has 1 atom stereocenters. The lowest BCUT2D eigenvalue weighted by Gasteiger charge is -2.16. The molecule has 0 radical (unpaired) electrons. The van der Waals surface area contributed by atoms with E-state index >= 15 is 0 Å². The Bertz CT molecular complexity index is 677. The maximum atomic E-state index is 12.3. The number of aromatic nitrogens is 1. The van der Waals surface area contributed by atoms with Crippen LogP contribution in [0.2, 0.25) is 0 Å². The molecule has 1 aromatic heterocycles. The molecule has 1 heterocycles. The Kier molecular flexibility index (Phi) is 6.04. The number of aliphatic hydroxyl groups excluding tert-OH is 1. The molecule has 24 heavy (non-hydrogen) atoms. The molecule has 2 aromatic rings. The first-order valence-electron chi connectivity index (χ1n) is 8.28. The molecule has 0 spiro atoms. The molecule has 5 nitrogen and oxygen atoms in total. The van der Waals surface area contributed by atoms with Crippen molar-refractivity contribution in [2.45, 2.75) is 45.9 Å². The Morgan fingerprint density at radius 2 is 1.96 bits per heavy atom. The standard InChI is InChI=1S/C19H26N2O3/c1-13(2)21-10-6-9-17(21)19(23)20-12-18(22)15-7-5-8-16(11-15)24-14(3)4/h5-11,13-14,18,22H,12H2,1-4H3,(H,20,23). The first-order valence-corrected chi connectivity index (χ1v) is 8.28. The van der Waals surface area contributed by atoms with E-state index in [1.54, 1.807) is 12.1 Å². The van der Waals surface area contributed by atoms with Crippen LogP contribution in [0, 0.1) is 0 Å². The molecule has 1 aromatic carbocycles. The van der Waals surface area contributed by atoms with E-state index in [1.807, 2.05) is 62.7 Å². The van der Waals surface area contributed by atoms with Crippen molar-refractivity contribution in [1.29, 1.82) is 0 Å². The summed E-state index contributed by atoms with van der Waals surface area (Å²) in [5.41, 5.74) is 1.31. The number of aliphatic hydroxyl groups is 1. The van der Waals surface area contributed by atoms with Crippen molar-refractivity contribution in [3.05, 3.63) is 53.9 Å². The van der Waals surface area contributed by atoms with Crippen LogP contribution in [0.5, 0.6) is 5.75 Å². The number of rotatable bonds is 7. The van der Waals surface area contributed by atoms with E-state index in [4.69, 9.17) is 4.74 Å². The first-order chi connectivity index (χ1) is 11.4. The van der Waals surface area contributed by atoms with Gasteiger partial charge in [-0.3, -0.25) is 4.79 Å². The molecular formula is C19H26N2O3. The van der Waals surface area contributed by atoms with Crippen molar-refractivity contribution in [3.63, 3.8) is 0 Å². The summed E-state index contributed by atoms with van der Waals surface area (Å²) in [6.07, 6.45) is 1.16. The van der Waals surface area contributed by atoms with Gasteiger partial charge in [-0.1, -0.05) is 12.1 Å². The normalized spacial score (nSPS) is 12.5. The molecule has 0 saturated carbocycles. The number of carbonyl (C=O) groups is 1. The highest BCUT2D eigenvalue weighted by Crippen LogP contribution is 2.20. The Morgan fingerprint density at radius 1 is 1.21 bits per heavy atom. The fourth-order valence-corrected chi connectivity index (χ4v) is 2.50. The Morgan fingerprint density at radius 3 is 2.62 bits per heavy atom. The highest BCUT2D eigenvalue weighted by molar-refractivity contribution is 5.92. The molecule has 0 aliphatic carbocycles. The third-order valence-electron chi connectivity index (χ3n) is 3.64. The third kappa shape index (κ3) is 4.61. The van der Waals surface area contributed by atoms with Crippen LogP contribution < -0.4 is 10.1 Å². The molecule has 1 unspecified atom stereocenters. The molecule has 0 aliphatic heterocycles. The molecule has 0 fully saturated rings. The van der Waals surface area contributed by atoms with Gasteiger partial charge in [0.05, 0.1) is 12.2 Å². The summed E-state index contributed by atoms with van der Waals surface area (Å²) < 4.78 is 7.53. The van der Waals surface area contributed by atoms with Crippen LogP contribution in [0.25, 0.3) is 0 Å². The highest BCUT2D eigenvalue weighted by Gasteiger charge is 2.15. The van der Waals surface area contributed by atoms with Gasteiger partial charge in [0, 0.05) is 18.8 Å². The van der Waals surface area contributed by atoms with Crippen molar-refractivity contribution >= 4 is 5.91 Å². The fourth-order valence-electron chi connectivity index (χ4n) is 2.50.